The first-order valence-electron chi connectivity index (χ1n) is 6.51. The van der Waals surface area contributed by atoms with Gasteiger partial charge in [0.05, 0.1) is 13.2 Å². The number of rotatable bonds is 4. The van der Waals surface area contributed by atoms with Gasteiger partial charge >= 0.3 is 0 Å². The monoisotopic (exact) mass is 270 g/mol. The maximum absolute atomic E-state index is 13.4. The molecule has 1 fully saturated rings. The second-order valence-electron chi connectivity index (χ2n) is 4.79. The third-order valence-corrected chi connectivity index (χ3v) is 3.54. The first kappa shape index (κ1) is 14.2. The van der Waals surface area contributed by atoms with Crippen LogP contribution in [0.2, 0.25) is 0 Å². The second kappa shape index (κ2) is 6.30. The molecule has 1 atom stereocenters. The Labute approximate surface area is 112 Å². The van der Waals surface area contributed by atoms with Crippen LogP contribution in [0.15, 0.2) is 18.2 Å². The summed E-state index contributed by atoms with van der Waals surface area (Å²) in [5, 5.41) is 3.18. The molecule has 3 nitrogen and oxygen atoms in total. The molecular formula is C14H20F2N2O. The van der Waals surface area contributed by atoms with E-state index in [0.717, 1.165) is 24.4 Å². The number of piperazine rings is 1. The van der Waals surface area contributed by atoms with Crippen LogP contribution in [0.4, 0.5) is 8.78 Å². The van der Waals surface area contributed by atoms with Gasteiger partial charge in [0.1, 0.15) is 5.75 Å². The number of hydrogen-bond donors (Lipinski definition) is 1. The topological polar surface area (TPSA) is 24.5 Å². The van der Waals surface area contributed by atoms with Gasteiger partial charge in [-0.15, -0.1) is 0 Å². The van der Waals surface area contributed by atoms with E-state index in [2.05, 4.69) is 5.32 Å². The molecule has 0 bridgehead atoms. The van der Waals surface area contributed by atoms with Gasteiger partial charge in [-0.25, -0.2) is 8.78 Å². The van der Waals surface area contributed by atoms with E-state index in [-0.39, 0.29) is 0 Å². The van der Waals surface area contributed by atoms with E-state index in [1.54, 1.807) is 25.3 Å². The number of methoxy groups -OCH3 is 1. The number of nitrogens with zero attached hydrogens (tertiary/aromatic N) is 1. The number of aryl methyl sites for hydroxylation is 1. The number of halogens is 2. The van der Waals surface area contributed by atoms with Crippen molar-refractivity contribution < 1.29 is 13.5 Å². The van der Waals surface area contributed by atoms with Crippen molar-refractivity contribution in [3.8, 4) is 5.75 Å². The summed E-state index contributed by atoms with van der Waals surface area (Å²) >= 11 is 0. The fourth-order valence-corrected chi connectivity index (χ4v) is 2.56. The highest BCUT2D eigenvalue weighted by atomic mass is 19.3. The Morgan fingerprint density at radius 2 is 1.95 bits per heavy atom. The van der Waals surface area contributed by atoms with Crippen molar-refractivity contribution in [1.82, 2.24) is 10.2 Å². The standard InChI is InChI=1S/C14H20F2N2O/c1-10-9-11(3-4-12(10)19-2)13(14(15)16)18-7-5-17-6-8-18/h3-4,9,13-14,17H,5-8H2,1-2H3/t13-/m0/s1. The lowest BCUT2D eigenvalue weighted by Gasteiger charge is -2.34. The van der Waals surface area contributed by atoms with Crippen LogP contribution >= 0.6 is 0 Å². The maximum atomic E-state index is 13.4. The van der Waals surface area contributed by atoms with Gasteiger partial charge in [0.25, 0.3) is 6.43 Å². The minimum Gasteiger partial charge on any atom is -0.496 e. The smallest absolute Gasteiger partial charge is 0.258 e. The van der Waals surface area contributed by atoms with Gasteiger partial charge in [0.15, 0.2) is 0 Å². The Balaban J connectivity index is 2.25. The van der Waals surface area contributed by atoms with Crippen molar-refractivity contribution in [2.75, 3.05) is 33.3 Å². The normalized spacial score (nSPS) is 18.6. The fraction of sp³-hybridized carbons (Fsp3) is 0.571. The molecule has 0 aliphatic carbocycles. The highest BCUT2D eigenvalue weighted by Gasteiger charge is 2.30. The molecule has 19 heavy (non-hydrogen) atoms. The third kappa shape index (κ3) is 3.22. The molecule has 5 heteroatoms. The summed E-state index contributed by atoms with van der Waals surface area (Å²) in [6, 6.07) is 4.48. The zero-order chi connectivity index (χ0) is 13.8. The van der Waals surface area contributed by atoms with Crippen LogP contribution in [0.5, 0.6) is 5.75 Å². The van der Waals surface area contributed by atoms with Gasteiger partial charge in [-0.3, -0.25) is 4.90 Å². The average Bonchev–Trinajstić information content (AvgIpc) is 2.40. The first-order valence-corrected chi connectivity index (χ1v) is 6.51. The number of hydrogen-bond acceptors (Lipinski definition) is 3. The van der Waals surface area contributed by atoms with Crippen LogP contribution in [0.25, 0.3) is 0 Å². The number of alkyl halides is 2. The van der Waals surface area contributed by atoms with E-state index in [4.69, 9.17) is 4.74 Å². The van der Waals surface area contributed by atoms with Crippen molar-refractivity contribution in [2.24, 2.45) is 0 Å². The zero-order valence-corrected chi connectivity index (χ0v) is 11.3. The van der Waals surface area contributed by atoms with Gasteiger partial charge in [0, 0.05) is 26.2 Å². The Hall–Kier alpha value is -1.20. The molecule has 106 valence electrons. The predicted octanol–water partition coefficient (Wildman–Crippen LogP) is 2.22. The number of nitrogens with one attached hydrogen (secondary N) is 1. The minimum absolute atomic E-state index is 0.653. The highest BCUT2D eigenvalue weighted by molar-refractivity contribution is 5.37. The van der Waals surface area contributed by atoms with E-state index in [1.165, 1.54) is 0 Å². The lowest BCUT2D eigenvalue weighted by atomic mass is 10.0. The van der Waals surface area contributed by atoms with E-state index < -0.39 is 12.5 Å². The van der Waals surface area contributed by atoms with E-state index in [9.17, 15) is 8.78 Å². The molecule has 0 radical (unpaired) electrons. The summed E-state index contributed by atoms with van der Waals surface area (Å²) in [5.41, 5.74) is 1.55. The van der Waals surface area contributed by atoms with E-state index in [1.807, 2.05) is 11.8 Å². The third-order valence-electron chi connectivity index (χ3n) is 3.54. The molecule has 0 amide bonds. The van der Waals surface area contributed by atoms with Crippen molar-refractivity contribution in [1.29, 1.82) is 0 Å². The van der Waals surface area contributed by atoms with Crippen LogP contribution in [0, 0.1) is 6.92 Å². The summed E-state index contributed by atoms with van der Waals surface area (Å²) in [5.74, 6) is 0.733. The van der Waals surface area contributed by atoms with Crippen molar-refractivity contribution >= 4 is 0 Å². The summed E-state index contributed by atoms with van der Waals surface area (Å²) < 4.78 is 32.0. The number of ether oxygens (including phenoxy) is 1. The molecule has 1 aromatic rings. The molecule has 2 rings (SSSR count). The zero-order valence-electron chi connectivity index (χ0n) is 11.3. The van der Waals surface area contributed by atoms with Crippen LogP contribution < -0.4 is 10.1 Å². The van der Waals surface area contributed by atoms with E-state index in [0.29, 0.717) is 18.7 Å². The van der Waals surface area contributed by atoms with Crippen molar-refractivity contribution in [3.63, 3.8) is 0 Å². The van der Waals surface area contributed by atoms with Gasteiger partial charge in [-0.05, 0) is 24.1 Å². The van der Waals surface area contributed by atoms with Gasteiger partial charge < -0.3 is 10.1 Å². The Kier molecular flexibility index (Phi) is 4.71. The summed E-state index contributed by atoms with van der Waals surface area (Å²) in [4.78, 5) is 1.85. The van der Waals surface area contributed by atoms with Gasteiger partial charge in [0.2, 0.25) is 0 Å². The van der Waals surface area contributed by atoms with E-state index >= 15 is 0 Å². The molecule has 1 saturated heterocycles. The SMILES string of the molecule is COc1ccc([C@@H](C(F)F)N2CCNCC2)cc1C. The molecule has 0 aromatic heterocycles. The Morgan fingerprint density at radius 1 is 1.26 bits per heavy atom. The molecule has 0 saturated carbocycles. The molecule has 1 aromatic carbocycles. The molecule has 1 heterocycles. The second-order valence-corrected chi connectivity index (χ2v) is 4.79. The molecule has 1 aliphatic heterocycles. The quantitative estimate of drug-likeness (QED) is 0.908. The maximum Gasteiger partial charge on any atom is 0.258 e. The summed E-state index contributed by atoms with van der Waals surface area (Å²) in [6.45, 7) is 4.71. The summed E-state index contributed by atoms with van der Waals surface area (Å²) in [6.07, 6.45) is -2.38. The van der Waals surface area contributed by atoms with Crippen molar-refractivity contribution in [3.05, 3.63) is 29.3 Å². The van der Waals surface area contributed by atoms with Crippen LogP contribution in [0.1, 0.15) is 17.2 Å². The van der Waals surface area contributed by atoms with Crippen LogP contribution in [-0.4, -0.2) is 44.6 Å². The number of benzene rings is 1. The average molecular weight is 270 g/mol. The Morgan fingerprint density at radius 3 is 2.47 bits per heavy atom. The first-order chi connectivity index (χ1) is 9.13. The molecule has 1 aliphatic rings. The highest BCUT2D eigenvalue weighted by Crippen LogP contribution is 2.30. The van der Waals surface area contributed by atoms with Crippen LogP contribution in [0.3, 0.4) is 0 Å². The largest absolute Gasteiger partial charge is 0.496 e. The van der Waals surface area contributed by atoms with Gasteiger partial charge in [-0.1, -0.05) is 12.1 Å². The van der Waals surface area contributed by atoms with Gasteiger partial charge in [-0.2, -0.15) is 0 Å². The molecule has 0 unspecified atom stereocenters. The lowest BCUT2D eigenvalue weighted by molar-refractivity contribution is 0.0181. The predicted molar refractivity (Wildman–Crippen MR) is 70.9 cm³/mol. The lowest BCUT2D eigenvalue weighted by Crippen LogP contribution is -2.46. The molecule has 1 N–H and O–H groups in total. The summed E-state index contributed by atoms with van der Waals surface area (Å²) in [7, 11) is 1.59. The Bertz CT molecular complexity index is 420. The van der Waals surface area contributed by atoms with Crippen LogP contribution in [-0.2, 0) is 0 Å². The van der Waals surface area contributed by atoms with Crippen molar-refractivity contribution in [2.45, 2.75) is 19.4 Å². The fourth-order valence-electron chi connectivity index (χ4n) is 2.56. The molecular weight excluding hydrogens is 250 g/mol. The minimum atomic E-state index is -2.38. The molecule has 0 spiro atoms.